The molecule has 3 rings (SSSR count). The quantitative estimate of drug-likeness (QED) is 0.465. The molecule has 1 aromatic carbocycles. The molecule has 0 spiro atoms. The van der Waals surface area contributed by atoms with Crippen molar-refractivity contribution in [1.29, 1.82) is 0 Å². The number of benzene rings is 1. The first-order chi connectivity index (χ1) is 14.1. The van der Waals surface area contributed by atoms with Crippen LogP contribution in [-0.4, -0.2) is 39.3 Å². The van der Waals surface area contributed by atoms with Gasteiger partial charge in [-0.25, -0.2) is 14.8 Å². The van der Waals surface area contributed by atoms with Gasteiger partial charge in [-0.1, -0.05) is 30.3 Å². The van der Waals surface area contributed by atoms with Crippen molar-refractivity contribution >= 4 is 12.0 Å². The minimum atomic E-state index is -0.603. The first-order valence-electron chi connectivity index (χ1n) is 9.51. The number of aromatic amines is 1. The van der Waals surface area contributed by atoms with Gasteiger partial charge in [-0.05, 0) is 31.4 Å². The molecule has 1 unspecified atom stereocenters. The normalized spacial score (nSPS) is 11.7. The van der Waals surface area contributed by atoms with E-state index in [2.05, 4.69) is 25.6 Å². The van der Waals surface area contributed by atoms with Crippen LogP contribution in [0.25, 0.3) is 11.3 Å². The van der Waals surface area contributed by atoms with Crippen molar-refractivity contribution in [1.82, 2.24) is 20.3 Å². The SMILES string of the molecule is CCNc1ncc(C)c(-c2c[nH]c(OC(=O)NC(CCO)c3ccccc3)c2)n1. The third kappa shape index (κ3) is 5.32. The minimum absolute atomic E-state index is 0.0480. The Morgan fingerprint density at radius 2 is 2.10 bits per heavy atom. The predicted octanol–water partition coefficient (Wildman–Crippen LogP) is 3.42. The fourth-order valence-corrected chi connectivity index (χ4v) is 2.95. The average Bonchev–Trinajstić information content (AvgIpc) is 3.18. The molecule has 152 valence electrons. The molecule has 1 amide bonds. The minimum Gasteiger partial charge on any atom is -0.396 e. The number of rotatable bonds is 8. The van der Waals surface area contributed by atoms with E-state index < -0.39 is 6.09 Å². The number of nitrogens with one attached hydrogen (secondary N) is 3. The average molecular weight is 395 g/mol. The number of H-pyrrole nitrogens is 1. The maximum Gasteiger partial charge on any atom is 0.414 e. The van der Waals surface area contributed by atoms with Crippen molar-refractivity contribution in [3.8, 4) is 17.1 Å². The van der Waals surface area contributed by atoms with E-state index >= 15 is 0 Å². The van der Waals surface area contributed by atoms with Gasteiger partial charge in [0.15, 0.2) is 0 Å². The molecule has 0 saturated carbocycles. The molecular weight excluding hydrogens is 370 g/mol. The van der Waals surface area contributed by atoms with Crippen LogP contribution in [0.3, 0.4) is 0 Å². The van der Waals surface area contributed by atoms with E-state index in [1.54, 1.807) is 18.5 Å². The molecule has 1 atom stereocenters. The Morgan fingerprint density at radius 3 is 2.83 bits per heavy atom. The fourth-order valence-electron chi connectivity index (χ4n) is 2.95. The Labute approximate surface area is 169 Å². The molecule has 0 radical (unpaired) electrons. The zero-order valence-corrected chi connectivity index (χ0v) is 16.5. The highest BCUT2D eigenvalue weighted by Crippen LogP contribution is 2.25. The number of carbonyl (C=O) groups is 1. The largest absolute Gasteiger partial charge is 0.414 e. The number of carbonyl (C=O) groups excluding carboxylic acids is 1. The Hall–Kier alpha value is -3.39. The second-order valence-corrected chi connectivity index (χ2v) is 6.52. The van der Waals surface area contributed by atoms with Crippen LogP contribution in [0.5, 0.6) is 5.88 Å². The first kappa shape index (κ1) is 20.3. The number of anilines is 1. The van der Waals surface area contributed by atoms with Crippen LogP contribution in [0, 0.1) is 6.92 Å². The van der Waals surface area contributed by atoms with Crippen LogP contribution >= 0.6 is 0 Å². The summed E-state index contributed by atoms with van der Waals surface area (Å²) in [4.78, 5) is 24.0. The first-order valence-corrected chi connectivity index (χ1v) is 9.51. The zero-order chi connectivity index (χ0) is 20.6. The van der Waals surface area contributed by atoms with Crippen molar-refractivity contribution in [2.75, 3.05) is 18.5 Å². The second kappa shape index (κ2) is 9.70. The number of hydrogen-bond acceptors (Lipinski definition) is 6. The van der Waals surface area contributed by atoms with Crippen LogP contribution in [0.4, 0.5) is 10.7 Å². The third-order valence-electron chi connectivity index (χ3n) is 4.35. The Morgan fingerprint density at radius 1 is 1.31 bits per heavy atom. The van der Waals surface area contributed by atoms with Gasteiger partial charge in [0.25, 0.3) is 0 Å². The molecule has 0 saturated heterocycles. The predicted molar refractivity (Wildman–Crippen MR) is 111 cm³/mol. The summed E-state index contributed by atoms with van der Waals surface area (Å²) in [6.45, 7) is 4.57. The molecule has 8 nitrogen and oxygen atoms in total. The van der Waals surface area contributed by atoms with E-state index in [9.17, 15) is 9.90 Å². The summed E-state index contributed by atoms with van der Waals surface area (Å²) in [5.74, 6) is 0.848. The lowest BCUT2D eigenvalue weighted by Crippen LogP contribution is -2.31. The Kier molecular flexibility index (Phi) is 6.80. The van der Waals surface area contributed by atoms with Crippen LogP contribution in [0.15, 0.2) is 48.8 Å². The summed E-state index contributed by atoms with van der Waals surface area (Å²) >= 11 is 0. The number of aromatic nitrogens is 3. The topological polar surface area (TPSA) is 112 Å². The lowest BCUT2D eigenvalue weighted by atomic mass is 10.0. The number of aliphatic hydroxyl groups is 1. The van der Waals surface area contributed by atoms with Gasteiger partial charge in [-0.2, -0.15) is 0 Å². The van der Waals surface area contributed by atoms with Crippen molar-refractivity contribution in [2.24, 2.45) is 0 Å². The van der Waals surface area contributed by atoms with E-state index in [1.165, 1.54) is 0 Å². The molecule has 0 aliphatic heterocycles. The molecule has 2 heterocycles. The van der Waals surface area contributed by atoms with Crippen molar-refractivity contribution < 1.29 is 14.6 Å². The van der Waals surface area contributed by atoms with E-state index in [0.29, 0.717) is 18.2 Å². The molecule has 29 heavy (non-hydrogen) atoms. The number of amides is 1. The lowest BCUT2D eigenvalue weighted by Gasteiger charge is -2.17. The van der Waals surface area contributed by atoms with E-state index in [0.717, 1.165) is 28.9 Å². The van der Waals surface area contributed by atoms with Crippen molar-refractivity contribution in [3.63, 3.8) is 0 Å². The monoisotopic (exact) mass is 395 g/mol. The highest BCUT2D eigenvalue weighted by atomic mass is 16.6. The smallest absolute Gasteiger partial charge is 0.396 e. The van der Waals surface area contributed by atoms with Gasteiger partial charge >= 0.3 is 6.09 Å². The zero-order valence-electron chi connectivity index (χ0n) is 16.5. The van der Waals surface area contributed by atoms with Crippen LogP contribution in [0.2, 0.25) is 0 Å². The molecule has 4 N–H and O–H groups in total. The molecule has 2 aromatic heterocycles. The number of nitrogens with zero attached hydrogens (tertiary/aromatic N) is 2. The van der Waals surface area contributed by atoms with Gasteiger partial charge in [0.1, 0.15) is 0 Å². The third-order valence-corrected chi connectivity index (χ3v) is 4.35. The maximum absolute atomic E-state index is 12.4. The van der Waals surface area contributed by atoms with E-state index in [-0.39, 0.29) is 12.6 Å². The summed E-state index contributed by atoms with van der Waals surface area (Å²) in [6, 6.07) is 10.8. The van der Waals surface area contributed by atoms with Crippen molar-refractivity contribution in [2.45, 2.75) is 26.3 Å². The molecule has 3 aromatic rings. The Bertz CT molecular complexity index is 942. The van der Waals surface area contributed by atoms with Crippen molar-refractivity contribution in [3.05, 3.63) is 59.9 Å². The lowest BCUT2D eigenvalue weighted by molar-refractivity contribution is 0.190. The van der Waals surface area contributed by atoms with Gasteiger partial charge in [-0.3, -0.25) is 0 Å². The number of aliphatic hydroxyl groups excluding tert-OH is 1. The van der Waals surface area contributed by atoms with Gasteiger partial charge in [0.05, 0.1) is 11.7 Å². The molecule has 8 heteroatoms. The molecule has 0 aliphatic rings. The van der Waals surface area contributed by atoms with Crippen LogP contribution in [-0.2, 0) is 0 Å². The van der Waals surface area contributed by atoms with Gasteiger partial charge in [0, 0.05) is 37.2 Å². The summed E-state index contributed by atoms with van der Waals surface area (Å²) in [5.41, 5.74) is 3.36. The Balaban J connectivity index is 1.69. The molecule has 0 bridgehead atoms. The molecule has 0 aliphatic carbocycles. The van der Waals surface area contributed by atoms with Gasteiger partial charge in [0.2, 0.25) is 11.8 Å². The number of aryl methyl sites for hydroxylation is 1. The van der Waals surface area contributed by atoms with Gasteiger partial charge < -0.3 is 25.5 Å². The highest BCUT2D eigenvalue weighted by molar-refractivity contribution is 5.72. The number of hydrogen-bond donors (Lipinski definition) is 4. The fraction of sp³-hybridized carbons (Fsp3) is 0.286. The molecular formula is C21H25N5O3. The summed E-state index contributed by atoms with van der Waals surface area (Å²) < 4.78 is 5.39. The maximum atomic E-state index is 12.4. The van der Waals surface area contributed by atoms with Crippen LogP contribution in [0.1, 0.15) is 30.5 Å². The highest BCUT2D eigenvalue weighted by Gasteiger charge is 2.17. The second-order valence-electron chi connectivity index (χ2n) is 6.52. The summed E-state index contributed by atoms with van der Waals surface area (Å²) in [5, 5.41) is 15.2. The van der Waals surface area contributed by atoms with Crippen LogP contribution < -0.4 is 15.4 Å². The summed E-state index contributed by atoms with van der Waals surface area (Å²) in [7, 11) is 0. The van der Waals surface area contributed by atoms with E-state index in [4.69, 9.17) is 4.74 Å². The standard InChI is InChI=1S/C21H25N5O3/c1-3-22-20-24-12-14(2)19(26-20)16-11-18(23-13-16)29-21(28)25-17(9-10-27)15-7-5-4-6-8-15/h4-8,11-13,17,23,27H,3,9-10H2,1-2H3,(H,25,28)(H,22,24,26). The molecule has 0 fully saturated rings. The summed E-state index contributed by atoms with van der Waals surface area (Å²) in [6.07, 6.45) is 3.27. The number of ether oxygens (including phenoxy) is 1. The van der Waals surface area contributed by atoms with E-state index in [1.807, 2.05) is 44.2 Å². The van der Waals surface area contributed by atoms with Gasteiger partial charge in [-0.15, -0.1) is 0 Å².